The molecule has 0 saturated heterocycles. The van der Waals surface area contributed by atoms with Crippen molar-refractivity contribution in [3.8, 4) is 0 Å². The Morgan fingerprint density at radius 3 is 2.71 bits per heavy atom. The molecule has 0 atom stereocenters. The molecule has 0 saturated carbocycles. The SMILES string of the molecule is C=Cn1cc(CNc2ccccc2S(=O)(=O)C(F)F)cn1. The second kappa shape index (κ2) is 6.04. The molecule has 1 N–H and O–H groups in total. The smallest absolute Gasteiger partial charge is 0.341 e. The molecule has 0 amide bonds. The number of hydrogen-bond acceptors (Lipinski definition) is 4. The van der Waals surface area contributed by atoms with Gasteiger partial charge in [0.05, 0.1) is 16.8 Å². The number of nitrogens with one attached hydrogen (secondary N) is 1. The summed E-state index contributed by atoms with van der Waals surface area (Å²) in [5.41, 5.74) is 0.892. The molecule has 2 rings (SSSR count). The molecule has 0 aliphatic rings. The lowest BCUT2D eigenvalue weighted by atomic mass is 10.3. The molecule has 0 spiro atoms. The summed E-state index contributed by atoms with van der Waals surface area (Å²) in [4.78, 5) is -0.420. The summed E-state index contributed by atoms with van der Waals surface area (Å²) >= 11 is 0. The second-order valence-electron chi connectivity index (χ2n) is 4.17. The maximum Gasteiger partial charge on any atom is 0.341 e. The summed E-state index contributed by atoms with van der Waals surface area (Å²) in [6.45, 7) is 3.80. The minimum absolute atomic E-state index is 0.129. The topological polar surface area (TPSA) is 64.0 Å². The predicted molar refractivity (Wildman–Crippen MR) is 75.6 cm³/mol. The lowest BCUT2D eigenvalue weighted by Gasteiger charge is -2.11. The van der Waals surface area contributed by atoms with Gasteiger partial charge in [0.1, 0.15) is 0 Å². The van der Waals surface area contributed by atoms with E-state index in [-0.39, 0.29) is 12.2 Å². The van der Waals surface area contributed by atoms with Crippen LogP contribution in [0.15, 0.2) is 48.1 Å². The Kier molecular flexibility index (Phi) is 4.37. The van der Waals surface area contributed by atoms with Gasteiger partial charge in [-0.2, -0.15) is 13.9 Å². The lowest BCUT2D eigenvalue weighted by molar-refractivity contribution is 0.235. The molecule has 1 aromatic carbocycles. The van der Waals surface area contributed by atoms with Crippen molar-refractivity contribution < 1.29 is 17.2 Å². The monoisotopic (exact) mass is 313 g/mol. The highest BCUT2D eigenvalue weighted by Gasteiger charge is 2.28. The summed E-state index contributed by atoms with van der Waals surface area (Å²) in [6, 6.07) is 5.56. The average Bonchev–Trinajstić information content (AvgIpc) is 2.93. The van der Waals surface area contributed by atoms with Crippen molar-refractivity contribution in [1.82, 2.24) is 9.78 Å². The number of halogens is 2. The van der Waals surface area contributed by atoms with Gasteiger partial charge in [-0.3, -0.25) is 0 Å². The molecule has 112 valence electrons. The Morgan fingerprint density at radius 2 is 2.10 bits per heavy atom. The van der Waals surface area contributed by atoms with Crippen molar-refractivity contribution in [2.45, 2.75) is 17.2 Å². The van der Waals surface area contributed by atoms with Crippen LogP contribution in [0, 0.1) is 0 Å². The van der Waals surface area contributed by atoms with Gasteiger partial charge in [0.2, 0.25) is 9.84 Å². The summed E-state index contributed by atoms with van der Waals surface area (Å²) in [5.74, 6) is -3.45. The van der Waals surface area contributed by atoms with Crippen LogP contribution in [0.5, 0.6) is 0 Å². The molecule has 0 aliphatic carbocycles. The largest absolute Gasteiger partial charge is 0.380 e. The summed E-state index contributed by atoms with van der Waals surface area (Å²) in [5, 5.41) is 6.79. The highest BCUT2D eigenvalue weighted by molar-refractivity contribution is 7.91. The first-order valence-electron chi connectivity index (χ1n) is 5.95. The number of para-hydroxylation sites is 1. The second-order valence-corrected chi connectivity index (χ2v) is 6.05. The highest BCUT2D eigenvalue weighted by Crippen LogP contribution is 2.26. The summed E-state index contributed by atoms with van der Waals surface area (Å²) in [6.07, 6.45) is 4.75. The number of rotatable bonds is 6. The van der Waals surface area contributed by atoms with Gasteiger partial charge in [0.15, 0.2) is 0 Å². The number of alkyl halides is 2. The molecule has 0 bridgehead atoms. The van der Waals surface area contributed by atoms with E-state index >= 15 is 0 Å². The van der Waals surface area contributed by atoms with Crippen molar-refractivity contribution in [2.75, 3.05) is 5.32 Å². The first-order chi connectivity index (χ1) is 9.95. The number of nitrogens with zero attached hydrogens (tertiary/aromatic N) is 2. The van der Waals surface area contributed by atoms with Gasteiger partial charge in [0.25, 0.3) is 0 Å². The molecule has 0 aliphatic heterocycles. The van der Waals surface area contributed by atoms with Gasteiger partial charge >= 0.3 is 5.76 Å². The first-order valence-corrected chi connectivity index (χ1v) is 7.50. The third-order valence-electron chi connectivity index (χ3n) is 2.75. The molecule has 8 heteroatoms. The van der Waals surface area contributed by atoms with Gasteiger partial charge < -0.3 is 5.32 Å². The fraction of sp³-hybridized carbons (Fsp3) is 0.154. The van der Waals surface area contributed by atoms with Gasteiger partial charge in [-0.25, -0.2) is 13.1 Å². The maximum absolute atomic E-state index is 12.7. The quantitative estimate of drug-likeness (QED) is 0.890. The van der Waals surface area contributed by atoms with Crippen LogP contribution in [-0.2, 0) is 16.4 Å². The zero-order valence-corrected chi connectivity index (χ0v) is 11.7. The van der Waals surface area contributed by atoms with Crippen molar-refractivity contribution in [3.63, 3.8) is 0 Å². The molecule has 0 unspecified atom stereocenters. The van der Waals surface area contributed by atoms with E-state index in [4.69, 9.17) is 0 Å². The standard InChI is InChI=1S/C13H13F2N3O2S/c1-2-18-9-10(8-17-18)7-16-11-5-3-4-6-12(11)21(19,20)13(14)15/h2-6,8-9,13,16H,1,7H2. The third kappa shape index (κ3) is 3.27. The third-order valence-corrected chi connectivity index (χ3v) is 4.19. The fourth-order valence-corrected chi connectivity index (χ4v) is 2.63. The Labute approximate surface area is 120 Å². The van der Waals surface area contributed by atoms with Crippen LogP contribution in [0.3, 0.4) is 0 Å². The van der Waals surface area contributed by atoms with Crippen LogP contribution in [-0.4, -0.2) is 24.0 Å². The van der Waals surface area contributed by atoms with E-state index in [9.17, 15) is 17.2 Å². The van der Waals surface area contributed by atoms with E-state index in [2.05, 4.69) is 17.0 Å². The van der Waals surface area contributed by atoms with Crippen LogP contribution in [0.2, 0.25) is 0 Å². The van der Waals surface area contributed by atoms with Crippen LogP contribution in [0.1, 0.15) is 5.56 Å². The normalized spacial score (nSPS) is 11.6. The minimum Gasteiger partial charge on any atom is -0.380 e. The van der Waals surface area contributed by atoms with Crippen molar-refractivity contribution in [1.29, 1.82) is 0 Å². The van der Waals surface area contributed by atoms with E-state index in [1.807, 2.05) is 0 Å². The average molecular weight is 313 g/mol. The van der Waals surface area contributed by atoms with Gasteiger partial charge in [0, 0.05) is 24.5 Å². The predicted octanol–water partition coefficient (Wildman–Crippen LogP) is 2.59. The molecule has 0 fully saturated rings. The van der Waals surface area contributed by atoms with Gasteiger partial charge in [-0.05, 0) is 12.1 Å². The fourth-order valence-electron chi connectivity index (χ4n) is 1.72. The zero-order valence-electron chi connectivity index (χ0n) is 10.9. The Morgan fingerprint density at radius 1 is 1.38 bits per heavy atom. The van der Waals surface area contributed by atoms with Crippen LogP contribution in [0.4, 0.5) is 14.5 Å². The molecule has 5 nitrogen and oxygen atoms in total. The Balaban J connectivity index is 2.23. The Bertz CT molecular complexity index is 741. The molecule has 0 radical (unpaired) electrons. The Hall–Kier alpha value is -2.22. The highest BCUT2D eigenvalue weighted by atomic mass is 32.2. The number of hydrogen-bond donors (Lipinski definition) is 1. The zero-order chi connectivity index (χ0) is 15.5. The van der Waals surface area contributed by atoms with Gasteiger partial charge in [-0.1, -0.05) is 18.7 Å². The molecule has 1 aromatic heterocycles. The van der Waals surface area contributed by atoms with E-state index in [0.29, 0.717) is 0 Å². The van der Waals surface area contributed by atoms with E-state index < -0.39 is 20.5 Å². The van der Waals surface area contributed by atoms with Crippen LogP contribution < -0.4 is 5.32 Å². The molecule has 21 heavy (non-hydrogen) atoms. The van der Waals surface area contributed by atoms with E-state index in [0.717, 1.165) is 11.6 Å². The summed E-state index contributed by atoms with van der Waals surface area (Å²) in [7, 11) is -4.64. The lowest BCUT2D eigenvalue weighted by Crippen LogP contribution is -2.14. The summed E-state index contributed by atoms with van der Waals surface area (Å²) < 4.78 is 50.0. The molecular formula is C13H13F2N3O2S. The van der Waals surface area contributed by atoms with E-state index in [1.54, 1.807) is 18.5 Å². The van der Waals surface area contributed by atoms with Crippen molar-refractivity contribution in [2.24, 2.45) is 0 Å². The number of sulfone groups is 1. The molecule has 2 aromatic rings. The first kappa shape index (κ1) is 15.2. The number of aromatic nitrogens is 2. The number of benzene rings is 1. The number of anilines is 1. The van der Waals surface area contributed by atoms with Crippen molar-refractivity contribution >= 4 is 21.7 Å². The van der Waals surface area contributed by atoms with E-state index in [1.165, 1.54) is 23.0 Å². The van der Waals surface area contributed by atoms with Crippen LogP contribution >= 0.6 is 0 Å². The van der Waals surface area contributed by atoms with Crippen molar-refractivity contribution in [3.05, 3.63) is 48.8 Å². The van der Waals surface area contributed by atoms with Gasteiger partial charge in [-0.15, -0.1) is 0 Å². The molecule has 1 heterocycles. The van der Waals surface area contributed by atoms with Crippen LogP contribution in [0.25, 0.3) is 6.20 Å². The molecular weight excluding hydrogens is 300 g/mol. The minimum atomic E-state index is -4.64. The maximum atomic E-state index is 12.7.